The third-order valence-electron chi connectivity index (χ3n) is 5.53. The maximum Gasteiger partial charge on any atom is 0.244 e. The second-order valence-corrected chi connectivity index (χ2v) is 7.18. The molecule has 2 heterocycles. The number of fused-ring (bicyclic) bond motifs is 1. The van der Waals surface area contributed by atoms with Crippen LogP contribution in [0.4, 0.5) is 11.4 Å². The second-order valence-electron chi connectivity index (χ2n) is 7.18. The molecule has 2 atom stereocenters. The number of amides is 3. The molecule has 0 unspecified atom stereocenters. The van der Waals surface area contributed by atoms with Gasteiger partial charge in [0.25, 0.3) is 0 Å². The van der Waals surface area contributed by atoms with Gasteiger partial charge in [0.2, 0.25) is 17.7 Å². The van der Waals surface area contributed by atoms with E-state index in [2.05, 4.69) is 10.2 Å². The van der Waals surface area contributed by atoms with Crippen molar-refractivity contribution in [1.82, 2.24) is 4.90 Å². The van der Waals surface area contributed by atoms with E-state index in [1.165, 1.54) is 0 Å². The average Bonchev–Trinajstić information content (AvgIpc) is 3.26. The van der Waals surface area contributed by atoms with Crippen molar-refractivity contribution in [2.24, 2.45) is 11.8 Å². The highest BCUT2D eigenvalue weighted by atomic mass is 16.2. The van der Waals surface area contributed by atoms with Crippen molar-refractivity contribution in [3.63, 3.8) is 0 Å². The molecular formula is C20H23N3O3. The first-order valence-electron chi connectivity index (χ1n) is 9.29. The number of para-hydroxylation sites is 2. The van der Waals surface area contributed by atoms with Crippen molar-refractivity contribution in [3.8, 4) is 0 Å². The highest BCUT2D eigenvalue weighted by molar-refractivity contribution is 6.09. The summed E-state index contributed by atoms with van der Waals surface area (Å²) in [5.74, 6) is -1.35. The van der Waals surface area contributed by atoms with E-state index in [-0.39, 0.29) is 36.1 Å². The summed E-state index contributed by atoms with van der Waals surface area (Å²) < 4.78 is 0. The maximum atomic E-state index is 12.5. The van der Waals surface area contributed by atoms with E-state index in [1.54, 1.807) is 0 Å². The number of anilines is 2. The zero-order valence-corrected chi connectivity index (χ0v) is 14.7. The van der Waals surface area contributed by atoms with Crippen LogP contribution >= 0.6 is 0 Å². The first-order valence-corrected chi connectivity index (χ1v) is 9.29. The van der Waals surface area contributed by atoms with Crippen LogP contribution in [-0.2, 0) is 14.4 Å². The van der Waals surface area contributed by atoms with Crippen LogP contribution in [-0.4, -0.2) is 42.3 Å². The number of carbonyl (C=O) groups is 3. The highest BCUT2D eigenvalue weighted by Crippen LogP contribution is 2.35. The van der Waals surface area contributed by atoms with E-state index in [0.717, 1.165) is 42.2 Å². The Labute approximate surface area is 152 Å². The van der Waals surface area contributed by atoms with Gasteiger partial charge in [0.15, 0.2) is 0 Å². The van der Waals surface area contributed by atoms with Gasteiger partial charge in [-0.2, -0.15) is 0 Å². The number of hydrogen-bond acceptors (Lipinski definition) is 4. The third-order valence-corrected chi connectivity index (χ3v) is 5.53. The summed E-state index contributed by atoms with van der Waals surface area (Å²) in [6.07, 6.45) is 7.37. The van der Waals surface area contributed by atoms with E-state index < -0.39 is 0 Å². The molecule has 3 aliphatic rings. The number of benzene rings is 1. The Morgan fingerprint density at radius 3 is 2.27 bits per heavy atom. The summed E-state index contributed by atoms with van der Waals surface area (Å²) in [5, 5.41) is 2.89. The van der Waals surface area contributed by atoms with Crippen LogP contribution in [0.2, 0.25) is 0 Å². The van der Waals surface area contributed by atoms with E-state index >= 15 is 0 Å². The molecule has 1 aromatic rings. The fraction of sp³-hybridized carbons (Fsp3) is 0.450. The first-order chi connectivity index (χ1) is 12.6. The molecular weight excluding hydrogens is 330 g/mol. The number of likely N-dealkylation sites (tertiary alicyclic amines) is 1. The molecule has 26 heavy (non-hydrogen) atoms. The van der Waals surface area contributed by atoms with Gasteiger partial charge in [-0.15, -0.1) is 0 Å². The van der Waals surface area contributed by atoms with Gasteiger partial charge in [0, 0.05) is 13.1 Å². The van der Waals surface area contributed by atoms with Gasteiger partial charge in [-0.1, -0.05) is 24.3 Å². The Morgan fingerprint density at radius 2 is 1.62 bits per heavy atom. The molecule has 0 radical (unpaired) electrons. The summed E-state index contributed by atoms with van der Waals surface area (Å²) in [6.45, 7) is 1.75. The molecule has 0 saturated carbocycles. The maximum absolute atomic E-state index is 12.5. The number of carbonyl (C=O) groups excluding carboxylic acids is 3. The van der Waals surface area contributed by atoms with Crippen molar-refractivity contribution in [1.29, 1.82) is 0 Å². The van der Waals surface area contributed by atoms with E-state index in [9.17, 15) is 14.4 Å². The number of nitrogens with zero attached hydrogens (tertiary/aromatic N) is 2. The second kappa shape index (κ2) is 6.94. The predicted octanol–water partition coefficient (Wildman–Crippen LogP) is 2.18. The number of nitrogens with one attached hydrogen (secondary N) is 1. The van der Waals surface area contributed by atoms with Gasteiger partial charge in [-0.25, -0.2) is 0 Å². The molecule has 136 valence electrons. The Kier molecular flexibility index (Phi) is 4.49. The van der Waals surface area contributed by atoms with Crippen LogP contribution in [0.1, 0.15) is 25.7 Å². The van der Waals surface area contributed by atoms with Gasteiger partial charge in [-0.05, 0) is 37.8 Å². The average molecular weight is 353 g/mol. The Morgan fingerprint density at radius 1 is 1.00 bits per heavy atom. The quantitative estimate of drug-likeness (QED) is 0.665. The van der Waals surface area contributed by atoms with Crippen molar-refractivity contribution in [2.45, 2.75) is 25.7 Å². The fourth-order valence-corrected chi connectivity index (χ4v) is 4.17. The van der Waals surface area contributed by atoms with Crippen molar-refractivity contribution in [2.75, 3.05) is 29.9 Å². The smallest absolute Gasteiger partial charge is 0.244 e. The summed E-state index contributed by atoms with van der Waals surface area (Å²) in [6, 6.07) is 7.69. The van der Waals surface area contributed by atoms with E-state index in [1.807, 2.05) is 36.4 Å². The van der Waals surface area contributed by atoms with E-state index in [0.29, 0.717) is 12.8 Å². The number of allylic oxidation sites excluding steroid dienone is 2. The molecule has 1 aliphatic carbocycles. The molecule has 2 aliphatic heterocycles. The molecule has 0 spiro atoms. The fourth-order valence-electron chi connectivity index (χ4n) is 4.17. The highest BCUT2D eigenvalue weighted by Gasteiger charge is 2.47. The van der Waals surface area contributed by atoms with Crippen LogP contribution in [0.5, 0.6) is 0 Å². The standard InChI is InChI=1S/C20H23N3O3/c24-18(13-23-19(25)14-7-1-2-8-15(14)20(23)26)21-16-9-3-4-10-17(16)22-11-5-6-12-22/h1-4,9-10,14-15H,5-8,11-13H2,(H,21,24)/t14-,15-/m1/s1. The minimum atomic E-state index is -0.329. The number of imide groups is 1. The van der Waals surface area contributed by atoms with Crippen LogP contribution in [0.15, 0.2) is 36.4 Å². The van der Waals surface area contributed by atoms with Crippen LogP contribution in [0.25, 0.3) is 0 Å². The minimum absolute atomic E-state index is 0.209. The zero-order chi connectivity index (χ0) is 18.1. The van der Waals surface area contributed by atoms with Crippen LogP contribution in [0.3, 0.4) is 0 Å². The molecule has 6 heteroatoms. The van der Waals surface area contributed by atoms with Gasteiger partial charge in [-0.3, -0.25) is 19.3 Å². The predicted molar refractivity (Wildman–Crippen MR) is 98.6 cm³/mol. The van der Waals surface area contributed by atoms with E-state index in [4.69, 9.17) is 0 Å². The molecule has 6 nitrogen and oxygen atoms in total. The largest absolute Gasteiger partial charge is 0.370 e. The summed E-state index contributed by atoms with van der Waals surface area (Å²) in [5.41, 5.74) is 1.73. The molecule has 4 rings (SSSR count). The minimum Gasteiger partial charge on any atom is -0.370 e. The molecule has 1 N–H and O–H groups in total. The van der Waals surface area contributed by atoms with Gasteiger partial charge in [0.05, 0.1) is 23.2 Å². The lowest BCUT2D eigenvalue weighted by atomic mass is 9.85. The van der Waals surface area contributed by atoms with Gasteiger partial charge < -0.3 is 10.2 Å². The van der Waals surface area contributed by atoms with Crippen molar-refractivity contribution in [3.05, 3.63) is 36.4 Å². The Balaban J connectivity index is 1.45. The first kappa shape index (κ1) is 16.8. The summed E-state index contributed by atoms with van der Waals surface area (Å²) in [4.78, 5) is 40.9. The number of hydrogen-bond donors (Lipinski definition) is 1. The zero-order valence-electron chi connectivity index (χ0n) is 14.7. The molecule has 3 amide bonds. The monoisotopic (exact) mass is 353 g/mol. The van der Waals surface area contributed by atoms with Crippen LogP contribution < -0.4 is 10.2 Å². The SMILES string of the molecule is O=C(CN1C(=O)[C@@H]2CC=CC[C@H]2C1=O)Nc1ccccc1N1CCCC1. The molecule has 1 aromatic carbocycles. The molecule has 0 aromatic heterocycles. The molecule has 0 bridgehead atoms. The Hall–Kier alpha value is -2.63. The molecule has 2 fully saturated rings. The van der Waals surface area contributed by atoms with Gasteiger partial charge >= 0.3 is 0 Å². The lowest BCUT2D eigenvalue weighted by Crippen LogP contribution is -2.38. The summed E-state index contributed by atoms with van der Waals surface area (Å²) >= 11 is 0. The lowest BCUT2D eigenvalue weighted by molar-refractivity contribution is -0.142. The lowest BCUT2D eigenvalue weighted by Gasteiger charge is -2.22. The third kappa shape index (κ3) is 3.00. The van der Waals surface area contributed by atoms with Crippen molar-refractivity contribution >= 4 is 29.1 Å². The topological polar surface area (TPSA) is 69.7 Å². The number of rotatable bonds is 4. The normalized spacial score (nSPS) is 24.9. The molecule has 2 saturated heterocycles. The Bertz CT molecular complexity index is 741. The van der Waals surface area contributed by atoms with Crippen LogP contribution in [0, 0.1) is 11.8 Å². The van der Waals surface area contributed by atoms with Gasteiger partial charge in [0.1, 0.15) is 6.54 Å². The van der Waals surface area contributed by atoms with Crippen molar-refractivity contribution < 1.29 is 14.4 Å². The summed E-state index contributed by atoms with van der Waals surface area (Å²) in [7, 11) is 0.